The fraction of sp³-hybridized carbons (Fsp3) is 0.100. The molecule has 0 heterocycles. The standard InChI is InChI=1S/C10H6FNO3/c11-8-4-2-1-3-7(8)10(14)15-9(13)5-6-12/h1-4H,5H2. The Morgan fingerprint density at radius 2 is 2.07 bits per heavy atom. The molecular formula is C10H6FNO3. The molecule has 0 aliphatic carbocycles. The number of nitriles is 1. The minimum atomic E-state index is -1.09. The van der Waals surface area contributed by atoms with E-state index in [1.165, 1.54) is 24.3 Å². The van der Waals surface area contributed by atoms with E-state index >= 15 is 0 Å². The summed E-state index contributed by atoms with van der Waals surface area (Å²) in [4.78, 5) is 21.9. The number of carbonyl (C=O) groups excluding carboxylic acids is 2. The van der Waals surface area contributed by atoms with Crippen LogP contribution in [-0.4, -0.2) is 11.9 Å². The first kappa shape index (κ1) is 10.9. The zero-order valence-corrected chi connectivity index (χ0v) is 7.57. The number of hydrogen-bond acceptors (Lipinski definition) is 4. The molecule has 0 aliphatic heterocycles. The Bertz CT molecular complexity index is 437. The predicted octanol–water partition coefficient (Wildman–Crippen LogP) is 1.42. The van der Waals surface area contributed by atoms with Crippen LogP contribution in [0.4, 0.5) is 4.39 Å². The molecule has 0 radical (unpaired) electrons. The average Bonchev–Trinajstić information content (AvgIpc) is 2.18. The van der Waals surface area contributed by atoms with Gasteiger partial charge in [-0.1, -0.05) is 12.1 Å². The smallest absolute Gasteiger partial charge is 0.348 e. The lowest BCUT2D eigenvalue weighted by molar-refractivity contribution is -0.136. The highest BCUT2D eigenvalue weighted by Crippen LogP contribution is 2.08. The van der Waals surface area contributed by atoms with E-state index in [1.54, 1.807) is 0 Å². The second kappa shape index (κ2) is 4.86. The summed E-state index contributed by atoms with van der Waals surface area (Å²) in [5.74, 6) is -2.86. The lowest BCUT2D eigenvalue weighted by Crippen LogP contribution is -2.13. The number of benzene rings is 1. The van der Waals surface area contributed by atoms with Gasteiger partial charge in [0.25, 0.3) is 0 Å². The predicted molar refractivity (Wildman–Crippen MR) is 47.1 cm³/mol. The van der Waals surface area contributed by atoms with Crippen LogP contribution in [0.15, 0.2) is 24.3 Å². The largest absolute Gasteiger partial charge is 0.389 e. The summed E-state index contributed by atoms with van der Waals surface area (Å²) in [7, 11) is 0. The van der Waals surface area contributed by atoms with Gasteiger partial charge in [-0.25, -0.2) is 9.18 Å². The minimum Gasteiger partial charge on any atom is -0.389 e. The highest BCUT2D eigenvalue weighted by molar-refractivity contribution is 5.97. The molecule has 0 amide bonds. The molecule has 5 heteroatoms. The van der Waals surface area contributed by atoms with E-state index in [4.69, 9.17) is 5.26 Å². The van der Waals surface area contributed by atoms with Crippen LogP contribution in [0.5, 0.6) is 0 Å². The summed E-state index contributed by atoms with van der Waals surface area (Å²) in [5.41, 5.74) is -0.330. The van der Waals surface area contributed by atoms with Crippen LogP contribution >= 0.6 is 0 Å². The van der Waals surface area contributed by atoms with Gasteiger partial charge in [-0.15, -0.1) is 0 Å². The second-order valence-electron chi connectivity index (χ2n) is 2.58. The maximum atomic E-state index is 13.0. The summed E-state index contributed by atoms with van der Waals surface area (Å²) >= 11 is 0. The van der Waals surface area contributed by atoms with Gasteiger partial charge in [0.2, 0.25) is 0 Å². The number of ether oxygens (including phenoxy) is 1. The maximum Gasteiger partial charge on any atom is 0.348 e. The molecule has 0 atom stereocenters. The van der Waals surface area contributed by atoms with E-state index in [2.05, 4.69) is 4.74 Å². The van der Waals surface area contributed by atoms with E-state index in [1.807, 2.05) is 0 Å². The van der Waals surface area contributed by atoms with E-state index in [-0.39, 0.29) is 5.56 Å². The fourth-order valence-corrected chi connectivity index (χ4v) is 0.886. The third kappa shape index (κ3) is 2.88. The Morgan fingerprint density at radius 1 is 1.40 bits per heavy atom. The van der Waals surface area contributed by atoms with Crippen molar-refractivity contribution in [2.45, 2.75) is 6.42 Å². The molecular weight excluding hydrogens is 201 g/mol. The van der Waals surface area contributed by atoms with Crippen molar-refractivity contribution in [3.63, 3.8) is 0 Å². The number of hydrogen-bond donors (Lipinski definition) is 0. The molecule has 0 aliphatic rings. The molecule has 0 bridgehead atoms. The van der Waals surface area contributed by atoms with Crippen molar-refractivity contribution in [1.29, 1.82) is 5.26 Å². The Balaban J connectivity index is 2.75. The van der Waals surface area contributed by atoms with Gasteiger partial charge in [0.15, 0.2) is 0 Å². The molecule has 0 saturated carbocycles. The molecule has 1 aromatic rings. The minimum absolute atomic E-state index is 0.330. The Hall–Kier alpha value is -2.22. The fourth-order valence-electron chi connectivity index (χ4n) is 0.886. The number of nitrogens with zero attached hydrogens (tertiary/aromatic N) is 1. The van der Waals surface area contributed by atoms with Crippen molar-refractivity contribution in [2.24, 2.45) is 0 Å². The molecule has 0 saturated heterocycles. The molecule has 76 valence electrons. The molecule has 0 N–H and O–H groups in total. The number of esters is 2. The van der Waals surface area contributed by atoms with Crippen molar-refractivity contribution >= 4 is 11.9 Å². The van der Waals surface area contributed by atoms with Gasteiger partial charge in [0, 0.05) is 0 Å². The second-order valence-corrected chi connectivity index (χ2v) is 2.58. The first-order valence-corrected chi connectivity index (χ1v) is 4.01. The zero-order valence-electron chi connectivity index (χ0n) is 7.57. The molecule has 15 heavy (non-hydrogen) atoms. The first-order valence-electron chi connectivity index (χ1n) is 4.01. The van der Waals surface area contributed by atoms with E-state index < -0.39 is 24.2 Å². The van der Waals surface area contributed by atoms with Crippen LogP contribution in [-0.2, 0) is 9.53 Å². The van der Waals surface area contributed by atoms with Crippen LogP contribution < -0.4 is 0 Å². The van der Waals surface area contributed by atoms with Gasteiger partial charge >= 0.3 is 11.9 Å². The van der Waals surface area contributed by atoms with Crippen LogP contribution in [0, 0.1) is 17.1 Å². The third-order valence-corrected chi connectivity index (χ3v) is 1.52. The van der Waals surface area contributed by atoms with E-state index in [9.17, 15) is 14.0 Å². The number of carbonyl (C=O) groups is 2. The topological polar surface area (TPSA) is 67.2 Å². The molecule has 1 rings (SSSR count). The summed E-state index contributed by atoms with van der Waals surface area (Å²) in [5, 5.41) is 8.14. The molecule has 4 nitrogen and oxygen atoms in total. The van der Waals surface area contributed by atoms with Gasteiger partial charge in [-0.2, -0.15) is 5.26 Å². The van der Waals surface area contributed by atoms with Gasteiger partial charge in [0.05, 0.1) is 11.6 Å². The normalized spacial score (nSPS) is 9.07. The van der Waals surface area contributed by atoms with Crippen LogP contribution in [0.1, 0.15) is 16.8 Å². The van der Waals surface area contributed by atoms with Crippen molar-refractivity contribution in [1.82, 2.24) is 0 Å². The summed E-state index contributed by atoms with van der Waals surface area (Å²) in [6.07, 6.45) is -0.541. The van der Waals surface area contributed by atoms with E-state index in [0.717, 1.165) is 6.07 Å². The van der Waals surface area contributed by atoms with Crippen molar-refractivity contribution in [2.75, 3.05) is 0 Å². The Morgan fingerprint density at radius 3 is 2.67 bits per heavy atom. The van der Waals surface area contributed by atoms with Crippen molar-refractivity contribution in [3.8, 4) is 6.07 Å². The zero-order chi connectivity index (χ0) is 11.3. The average molecular weight is 207 g/mol. The quantitative estimate of drug-likeness (QED) is 0.543. The summed E-state index contributed by atoms with van der Waals surface area (Å²) in [6, 6.07) is 6.63. The molecule has 0 aromatic heterocycles. The summed E-state index contributed by atoms with van der Waals surface area (Å²) in [6.45, 7) is 0. The molecule has 0 spiro atoms. The highest BCUT2D eigenvalue weighted by Gasteiger charge is 2.15. The SMILES string of the molecule is N#CCC(=O)OC(=O)c1ccccc1F. The monoisotopic (exact) mass is 207 g/mol. The molecule has 0 fully saturated rings. The van der Waals surface area contributed by atoms with Gasteiger partial charge in [-0.05, 0) is 12.1 Å². The lowest BCUT2D eigenvalue weighted by atomic mass is 10.2. The Labute approximate surface area is 84.9 Å². The lowest BCUT2D eigenvalue weighted by Gasteiger charge is -2.01. The van der Waals surface area contributed by atoms with Gasteiger partial charge < -0.3 is 4.74 Å². The van der Waals surface area contributed by atoms with Crippen LogP contribution in [0.25, 0.3) is 0 Å². The van der Waals surface area contributed by atoms with Gasteiger partial charge in [-0.3, -0.25) is 4.79 Å². The van der Waals surface area contributed by atoms with Crippen LogP contribution in [0.3, 0.4) is 0 Å². The Kier molecular flexibility index (Phi) is 3.52. The van der Waals surface area contributed by atoms with Crippen molar-refractivity contribution < 1.29 is 18.7 Å². The molecule has 1 aromatic carbocycles. The molecule has 0 unspecified atom stereocenters. The number of halogens is 1. The van der Waals surface area contributed by atoms with Crippen molar-refractivity contribution in [3.05, 3.63) is 35.6 Å². The third-order valence-electron chi connectivity index (χ3n) is 1.52. The number of rotatable bonds is 2. The maximum absolute atomic E-state index is 13.0. The van der Waals surface area contributed by atoms with E-state index in [0.29, 0.717) is 0 Å². The summed E-state index contributed by atoms with van der Waals surface area (Å²) < 4.78 is 17.2. The van der Waals surface area contributed by atoms with Gasteiger partial charge in [0.1, 0.15) is 12.2 Å². The first-order chi connectivity index (χ1) is 7.15. The highest BCUT2D eigenvalue weighted by atomic mass is 19.1. The van der Waals surface area contributed by atoms with Crippen LogP contribution in [0.2, 0.25) is 0 Å².